The van der Waals surface area contributed by atoms with Crippen LogP contribution in [0.5, 0.6) is 0 Å². The number of unbranched alkanes of at least 4 members (excludes halogenated alkanes) is 3. The topological polar surface area (TPSA) is 40.5 Å². The average Bonchev–Trinajstić information content (AvgIpc) is 2.04. The Kier molecular flexibility index (Phi) is 7.51. The van der Waals surface area contributed by atoms with Crippen molar-refractivity contribution in [1.82, 2.24) is 0 Å². The lowest BCUT2D eigenvalue weighted by atomic mass is 9.97. The molecule has 0 aliphatic carbocycles. The molecular formula is C10H22O2. The highest BCUT2D eigenvalue weighted by Gasteiger charge is 2.12. The number of rotatable bonds is 7. The first-order valence-electron chi connectivity index (χ1n) is 5.01. The van der Waals surface area contributed by atoms with Crippen molar-refractivity contribution >= 4 is 0 Å². The van der Waals surface area contributed by atoms with Gasteiger partial charge in [0.2, 0.25) is 0 Å². The van der Waals surface area contributed by atoms with Crippen LogP contribution < -0.4 is 0 Å². The zero-order chi connectivity index (χ0) is 9.40. The minimum Gasteiger partial charge on any atom is -0.396 e. The van der Waals surface area contributed by atoms with Crippen molar-refractivity contribution in [2.45, 2.75) is 52.1 Å². The van der Waals surface area contributed by atoms with Gasteiger partial charge in [-0.15, -0.1) is 0 Å². The van der Waals surface area contributed by atoms with Crippen molar-refractivity contribution in [3.63, 3.8) is 0 Å². The van der Waals surface area contributed by atoms with Crippen LogP contribution in [-0.2, 0) is 0 Å². The molecule has 0 saturated heterocycles. The SMILES string of the molecule is CCCCCCC(CO)C(C)O. The molecule has 2 unspecified atom stereocenters. The molecule has 0 fully saturated rings. The molecule has 2 heteroatoms. The van der Waals surface area contributed by atoms with E-state index < -0.39 is 0 Å². The van der Waals surface area contributed by atoms with Crippen LogP contribution in [0.1, 0.15) is 46.0 Å². The molecule has 0 saturated carbocycles. The lowest BCUT2D eigenvalue weighted by Crippen LogP contribution is -2.20. The largest absolute Gasteiger partial charge is 0.396 e. The van der Waals surface area contributed by atoms with Gasteiger partial charge in [-0.25, -0.2) is 0 Å². The minimum absolute atomic E-state index is 0.0851. The number of hydrogen-bond donors (Lipinski definition) is 2. The summed E-state index contributed by atoms with van der Waals surface area (Å²) >= 11 is 0. The summed E-state index contributed by atoms with van der Waals surface area (Å²) in [5.41, 5.74) is 0. The predicted octanol–water partition coefficient (Wildman–Crippen LogP) is 1.95. The van der Waals surface area contributed by atoms with E-state index in [1.807, 2.05) is 0 Å². The predicted molar refractivity (Wildman–Crippen MR) is 51.0 cm³/mol. The lowest BCUT2D eigenvalue weighted by Gasteiger charge is -2.16. The molecule has 12 heavy (non-hydrogen) atoms. The molecule has 2 atom stereocenters. The second kappa shape index (κ2) is 7.56. The molecule has 0 aromatic rings. The van der Waals surface area contributed by atoms with Gasteiger partial charge in [0.15, 0.2) is 0 Å². The maximum Gasteiger partial charge on any atom is 0.0562 e. The molecule has 0 spiro atoms. The Morgan fingerprint density at radius 2 is 1.83 bits per heavy atom. The van der Waals surface area contributed by atoms with E-state index in [4.69, 9.17) is 5.11 Å². The molecule has 0 amide bonds. The van der Waals surface area contributed by atoms with Gasteiger partial charge in [0.05, 0.1) is 6.10 Å². The molecular weight excluding hydrogens is 152 g/mol. The van der Waals surface area contributed by atoms with Gasteiger partial charge in [-0.3, -0.25) is 0 Å². The van der Waals surface area contributed by atoms with Crippen LogP contribution in [0.2, 0.25) is 0 Å². The van der Waals surface area contributed by atoms with E-state index in [9.17, 15) is 5.11 Å². The number of aliphatic hydroxyl groups is 2. The van der Waals surface area contributed by atoms with Gasteiger partial charge >= 0.3 is 0 Å². The van der Waals surface area contributed by atoms with Gasteiger partial charge < -0.3 is 10.2 Å². The van der Waals surface area contributed by atoms with Crippen molar-refractivity contribution in [2.75, 3.05) is 6.61 Å². The van der Waals surface area contributed by atoms with Crippen molar-refractivity contribution in [2.24, 2.45) is 5.92 Å². The molecule has 0 aliphatic heterocycles. The third-order valence-electron chi connectivity index (χ3n) is 2.35. The van der Waals surface area contributed by atoms with Crippen LogP contribution in [0.4, 0.5) is 0 Å². The Morgan fingerprint density at radius 1 is 1.17 bits per heavy atom. The summed E-state index contributed by atoms with van der Waals surface area (Å²) in [6.07, 6.45) is 5.44. The highest BCUT2D eigenvalue weighted by Crippen LogP contribution is 2.13. The van der Waals surface area contributed by atoms with E-state index in [0.717, 1.165) is 12.8 Å². The fourth-order valence-corrected chi connectivity index (χ4v) is 1.32. The van der Waals surface area contributed by atoms with Crippen molar-refractivity contribution < 1.29 is 10.2 Å². The lowest BCUT2D eigenvalue weighted by molar-refractivity contribution is 0.0741. The van der Waals surface area contributed by atoms with Crippen LogP contribution in [0, 0.1) is 5.92 Å². The molecule has 2 N–H and O–H groups in total. The van der Waals surface area contributed by atoms with Gasteiger partial charge in [0.25, 0.3) is 0 Å². The molecule has 0 aromatic carbocycles. The standard InChI is InChI=1S/C10H22O2/c1-3-4-5-6-7-10(8-11)9(2)12/h9-12H,3-8H2,1-2H3. The summed E-state index contributed by atoms with van der Waals surface area (Å²) in [5.74, 6) is 0.0851. The first-order chi connectivity index (χ1) is 5.72. The summed E-state index contributed by atoms with van der Waals surface area (Å²) in [6.45, 7) is 4.04. The zero-order valence-corrected chi connectivity index (χ0v) is 8.29. The summed E-state index contributed by atoms with van der Waals surface area (Å²) in [7, 11) is 0. The summed E-state index contributed by atoms with van der Waals surface area (Å²) < 4.78 is 0. The maximum atomic E-state index is 9.21. The first-order valence-corrected chi connectivity index (χ1v) is 5.01. The van der Waals surface area contributed by atoms with Crippen LogP contribution >= 0.6 is 0 Å². The van der Waals surface area contributed by atoms with Crippen molar-refractivity contribution in [3.05, 3.63) is 0 Å². The Bertz CT molecular complexity index is 91.8. The molecule has 0 radical (unpaired) electrons. The van der Waals surface area contributed by atoms with Crippen LogP contribution in [0.15, 0.2) is 0 Å². The Morgan fingerprint density at radius 3 is 2.25 bits per heavy atom. The molecule has 0 heterocycles. The van der Waals surface area contributed by atoms with Crippen molar-refractivity contribution in [1.29, 1.82) is 0 Å². The Labute approximate surface area is 75.6 Å². The van der Waals surface area contributed by atoms with Gasteiger partial charge in [-0.2, -0.15) is 0 Å². The molecule has 0 bridgehead atoms. The highest BCUT2D eigenvalue weighted by molar-refractivity contribution is 4.63. The van der Waals surface area contributed by atoms with E-state index in [1.165, 1.54) is 19.3 Å². The number of aliphatic hydroxyl groups excluding tert-OH is 2. The van der Waals surface area contributed by atoms with Gasteiger partial charge in [0.1, 0.15) is 0 Å². The van der Waals surface area contributed by atoms with Crippen LogP contribution in [-0.4, -0.2) is 22.9 Å². The van der Waals surface area contributed by atoms with Crippen LogP contribution in [0.25, 0.3) is 0 Å². The van der Waals surface area contributed by atoms with E-state index >= 15 is 0 Å². The van der Waals surface area contributed by atoms with Gasteiger partial charge in [-0.05, 0) is 13.3 Å². The normalized spacial score (nSPS) is 16.0. The monoisotopic (exact) mass is 174 g/mol. The Balaban J connectivity index is 3.32. The molecule has 2 nitrogen and oxygen atoms in total. The second-order valence-corrected chi connectivity index (χ2v) is 3.53. The fourth-order valence-electron chi connectivity index (χ4n) is 1.32. The van der Waals surface area contributed by atoms with E-state index in [-0.39, 0.29) is 18.6 Å². The van der Waals surface area contributed by atoms with Gasteiger partial charge in [-0.1, -0.05) is 32.6 Å². The average molecular weight is 174 g/mol. The van der Waals surface area contributed by atoms with Gasteiger partial charge in [0, 0.05) is 12.5 Å². The maximum absolute atomic E-state index is 9.21. The third-order valence-corrected chi connectivity index (χ3v) is 2.35. The minimum atomic E-state index is -0.364. The zero-order valence-electron chi connectivity index (χ0n) is 8.29. The summed E-state index contributed by atoms with van der Waals surface area (Å²) in [6, 6.07) is 0. The van der Waals surface area contributed by atoms with E-state index in [2.05, 4.69) is 6.92 Å². The second-order valence-electron chi connectivity index (χ2n) is 3.53. The Hall–Kier alpha value is -0.0800. The molecule has 74 valence electrons. The molecule has 0 aromatic heterocycles. The quantitative estimate of drug-likeness (QED) is 0.579. The van der Waals surface area contributed by atoms with Crippen molar-refractivity contribution in [3.8, 4) is 0 Å². The first kappa shape index (κ1) is 11.9. The van der Waals surface area contributed by atoms with Crippen LogP contribution in [0.3, 0.4) is 0 Å². The number of hydrogen-bond acceptors (Lipinski definition) is 2. The summed E-state index contributed by atoms with van der Waals surface area (Å²) in [4.78, 5) is 0. The highest BCUT2D eigenvalue weighted by atomic mass is 16.3. The fraction of sp³-hybridized carbons (Fsp3) is 1.00. The van der Waals surface area contributed by atoms with E-state index in [1.54, 1.807) is 6.92 Å². The summed E-state index contributed by atoms with van der Waals surface area (Å²) in [5, 5.41) is 18.1. The smallest absolute Gasteiger partial charge is 0.0562 e. The molecule has 0 rings (SSSR count). The molecule has 0 aliphatic rings. The van der Waals surface area contributed by atoms with E-state index in [0.29, 0.717) is 0 Å². The third kappa shape index (κ3) is 5.56.